The van der Waals surface area contributed by atoms with Crippen LogP contribution in [0.4, 0.5) is 5.69 Å². The SMILES string of the molecule is CCC(C)NC(=O)c1cccc(NC(=O)C2CCCO2)c1. The summed E-state index contributed by atoms with van der Waals surface area (Å²) >= 11 is 0. The second-order valence-corrected chi connectivity index (χ2v) is 5.35. The molecule has 2 unspecified atom stereocenters. The number of nitrogens with one attached hydrogen (secondary N) is 2. The molecule has 0 aromatic heterocycles. The van der Waals surface area contributed by atoms with Gasteiger partial charge in [0.25, 0.3) is 11.8 Å². The minimum Gasteiger partial charge on any atom is -0.368 e. The van der Waals surface area contributed by atoms with Crippen LogP contribution in [0, 0.1) is 0 Å². The fraction of sp³-hybridized carbons (Fsp3) is 0.500. The molecule has 0 radical (unpaired) electrons. The Labute approximate surface area is 125 Å². The van der Waals surface area contributed by atoms with Gasteiger partial charge in [0.1, 0.15) is 6.10 Å². The quantitative estimate of drug-likeness (QED) is 0.874. The first-order valence-corrected chi connectivity index (χ1v) is 7.43. The third kappa shape index (κ3) is 4.29. The number of amides is 2. The number of carbonyl (C=O) groups excluding carboxylic acids is 2. The predicted octanol–water partition coefficient (Wildman–Crippen LogP) is 2.33. The summed E-state index contributed by atoms with van der Waals surface area (Å²) in [5.41, 5.74) is 1.16. The van der Waals surface area contributed by atoms with Crippen LogP contribution in [-0.4, -0.2) is 30.6 Å². The van der Waals surface area contributed by atoms with Crippen molar-refractivity contribution in [1.29, 1.82) is 0 Å². The molecular weight excluding hydrogens is 268 g/mol. The largest absolute Gasteiger partial charge is 0.368 e. The van der Waals surface area contributed by atoms with Crippen LogP contribution >= 0.6 is 0 Å². The molecule has 0 aliphatic carbocycles. The number of ether oxygens (including phenoxy) is 1. The number of hydrogen-bond acceptors (Lipinski definition) is 3. The number of carbonyl (C=O) groups is 2. The van der Waals surface area contributed by atoms with Crippen LogP contribution in [-0.2, 0) is 9.53 Å². The molecule has 2 amide bonds. The van der Waals surface area contributed by atoms with E-state index in [0.29, 0.717) is 17.9 Å². The molecule has 1 saturated heterocycles. The monoisotopic (exact) mass is 290 g/mol. The molecule has 114 valence electrons. The van der Waals surface area contributed by atoms with Gasteiger partial charge < -0.3 is 15.4 Å². The highest BCUT2D eigenvalue weighted by Gasteiger charge is 2.23. The molecule has 0 spiro atoms. The molecule has 2 N–H and O–H groups in total. The molecule has 1 fully saturated rings. The number of benzene rings is 1. The number of rotatable bonds is 5. The van der Waals surface area contributed by atoms with Crippen molar-refractivity contribution in [3.8, 4) is 0 Å². The second-order valence-electron chi connectivity index (χ2n) is 5.35. The van der Waals surface area contributed by atoms with Crippen LogP contribution in [0.15, 0.2) is 24.3 Å². The Bertz CT molecular complexity index is 510. The van der Waals surface area contributed by atoms with E-state index in [4.69, 9.17) is 4.74 Å². The Balaban J connectivity index is 2.00. The Hall–Kier alpha value is -1.88. The lowest BCUT2D eigenvalue weighted by atomic mass is 10.1. The first kappa shape index (κ1) is 15.5. The van der Waals surface area contributed by atoms with Gasteiger partial charge in [0.05, 0.1) is 0 Å². The third-order valence-corrected chi connectivity index (χ3v) is 3.60. The zero-order chi connectivity index (χ0) is 15.2. The van der Waals surface area contributed by atoms with Crippen molar-refractivity contribution < 1.29 is 14.3 Å². The maximum atomic E-state index is 12.1. The summed E-state index contributed by atoms with van der Waals surface area (Å²) in [6.45, 7) is 4.61. The van der Waals surface area contributed by atoms with Gasteiger partial charge >= 0.3 is 0 Å². The Morgan fingerprint density at radius 2 is 2.24 bits per heavy atom. The van der Waals surface area contributed by atoms with Crippen molar-refractivity contribution in [2.45, 2.75) is 45.3 Å². The standard InChI is InChI=1S/C16H22N2O3/c1-3-11(2)17-15(19)12-6-4-7-13(10-12)18-16(20)14-8-5-9-21-14/h4,6-7,10-11,14H,3,5,8-9H2,1-2H3,(H,17,19)(H,18,20). The van der Waals surface area contributed by atoms with E-state index in [1.54, 1.807) is 24.3 Å². The Morgan fingerprint density at radius 3 is 2.90 bits per heavy atom. The van der Waals surface area contributed by atoms with Gasteiger partial charge in [-0.15, -0.1) is 0 Å². The van der Waals surface area contributed by atoms with E-state index in [1.807, 2.05) is 13.8 Å². The smallest absolute Gasteiger partial charge is 0.253 e. The zero-order valence-corrected chi connectivity index (χ0v) is 12.5. The van der Waals surface area contributed by atoms with Gasteiger partial charge in [-0.05, 0) is 44.4 Å². The predicted molar refractivity (Wildman–Crippen MR) is 81.3 cm³/mol. The first-order chi connectivity index (χ1) is 10.1. The first-order valence-electron chi connectivity index (χ1n) is 7.43. The summed E-state index contributed by atoms with van der Waals surface area (Å²) in [5.74, 6) is -0.274. The van der Waals surface area contributed by atoms with Crippen LogP contribution in [0.2, 0.25) is 0 Å². The maximum absolute atomic E-state index is 12.1. The van der Waals surface area contributed by atoms with Crippen molar-refractivity contribution in [1.82, 2.24) is 5.32 Å². The number of anilines is 1. The summed E-state index contributed by atoms with van der Waals surface area (Å²) < 4.78 is 5.34. The second kappa shape index (κ2) is 7.22. The Morgan fingerprint density at radius 1 is 1.43 bits per heavy atom. The molecular formula is C16H22N2O3. The molecule has 1 aliphatic heterocycles. The lowest BCUT2D eigenvalue weighted by Crippen LogP contribution is -2.32. The highest BCUT2D eigenvalue weighted by molar-refractivity contribution is 5.98. The molecule has 0 saturated carbocycles. The van der Waals surface area contributed by atoms with Crippen LogP contribution in [0.5, 0.6) is 0 Å². The molecule has 5 nitrogen and oxygen atoms in total. The molecule has 2 atom stereocenters. The van der Waals surface area contributed by atoms with Crippen molar-refractivity contribution in [2.75, 3.05) is 11.9 Å². The third-order valence-electron chi connectivity index (χ3n) is 3.60. The maximum Gasteiger partial charge on any atom is 0.253 e. The van der Waals surface area contributed by atoms with E-state index in [9.17, 15) is 9.59 Å². The van der Waals surface area contributed by atoms with Crippen molar-refractivity contribution >= 4 is 17.5 Å². The molecule has 0 bridgehead atoms. The average Bonchev–Trinajstić information content (AvgIpc) is 3.01. The summed E-state index contributed by atoms with van der Waals surface area (Å²) in [7, 11) is 0. The minimum absolute atomic E-state index is 0.127. The van der Waals surface area contributed by atoms with Crippen LogP contribution in [0.25, 0.3) is 0 Å². The van der Waals surface area contributed by atoms with Gasteiger partial charge in [-0.2, -0.15) is 0 Å². The van der Waals surface area contributed by atoms with Crippen LogP contribution in [0.3, 0.4) is 0 Å². The average molecular weight is 290 g/mol. The van der Waals surface area contributed by atoms with Gasteiger partial charge in [0, 0.05) is 23.9 Å². The van der Waals surface area contributed by atoms with Gasteiger partial charge in [0.15, 0.2) is 0 Å². The molecule has 1 aliphatic rings. The van der Waals surface area contributed by atoms with Gasteiger partial charge in [0.2, 0.25) is 0 Å². The number of hydrogen-bond donors (Lipinski definition) is 2. The lowest BCUT2D eigenvalue weighted by Gasteiger charge is -2.13. The lowest BCUT2D eigenvalue weighted by molar-refractivity contribution is -0.124. The van der Waals surface area contributed by atoms with Crippen molar-refractivity contribution in [2.24, 2.45) is 0 Å². The topological polar surface area (TPSA) is 67.4 Å². The molecule has 5 heteroatoms. The van der Waals surface area contributed by atoms with Gasteiger partial charge in [-0.3, -0.25) is 9.59 Å². The van der Waals surface area contributed by atoms with E-state index in [0.717, 1.165) is 19.3 Å². The normalized spacial score (nSPS) is 19.0. The van der Waals surface area contributed by atoms with E-state index in [1.165, 1.54) is 0 Å². The van der Waals surface area contributed by atoms with Crippen LogP contribution < -0.4 is 10.6 Å². The van der Waals surface area contributed by atoms with Gasteiger partial charge in [-0.1, -0.05) is 13.0 Å². The fourth-order valence-corrected chi connectivity index (χ4v) is 2.15. The Kier molecular flexibility index (Phi) is 5.33. The summed E-state index contributed by atoms with van der Waals surface area (Å²) in [6.07, 6.45) is 2.17. The zero-order valence-electron chi connectivity index (χ0n) is 12.5. The molecule has 1 aromatic carbocycles. The van der Waals surface area contributed by atoms with E-state index >= 15 is 0 Å². The highest BCUT2D eigenvalue weighted by Crippen LogP contribution is 2.16. The minimum atomic E-state index is -0.373. The van der Waals surface area contributed by atoms with E-state index in [-0.39, 0.29) is 24.0 Å². The summed E-state index contributed by atoms with van der Waals surface area (Å²) in [4.78, 5) is 24.0. The van der Waals surface area contributed by atoms with E-state index < -0.39 is 0 Å². The molecule has 1 heterocycles. The summed E-state index contributed by atoms with van der Waals surface area (Å²) in [5, 5.41) is 5.71. The molecule has 1 aromatic rings. The van der Waals surface area contributed by atoms with Gasteiger partial charge in [-0.25, -0.2) is 0 Å². The van der Waals surface area contributed by atoms with E-state index in [2.05, 4.69) is 10.6 Å². The molecule has 21 heavy (non-hydrogen) atoms. The molecule has 2 rings (SSSR count). The highest BCUT2D eigenvalue weighted by atomic mass is 16.5. The summed E-state index contributed by atoms with van der Waals surface area (Å²) in [6, 6.07) is 7.08. The van der Waals surface area contributed by atoms with Crippen molar-refractivity contribution in [3.63, 3.8) is 0 Å². The van der Waals surface area contributed by atoms with Crippen LogP contribution in [0.1, 0.15) is 43.5 Å². The fourth-order valence-electron chi connectivity index (χ4n) is 2.15. The van der Waals surface area contributed by atoms with Crippen molar-refractivity contribution in [3.05, 3.63) is 29.8 Å².